The molecular formula is C12H14BrNO4. The van der Waals surface area contributed by atoms with Crippen LogP contribution in [0.1, 0.15) is 36.0 Å². The summed E-state index contributed by atoms with van der Waals surface area (Å²) >= 11 is 3.14. The van der Waals surface area contributed by atoms with Crippen molar-refractivity contribution >= 4 is 27.8 Å². The molecular weight excluding hydrogens is 302 g/mol. The van der Waals surface area contributed by atoms with E-state index in [1.165, 1.54) is 6.26 Å². The zero-order valence-corrected chi connectivity index (χ0v) is 11.3. The molecule has 1 aromatic rings. The molecule has 18 heavy (non-hydrogen) atoms. The number of carboxylic acids is 1. The smallest absolute Gasteiger partial charge is 0.303 e. The highest BCUT2D eigenvalue weighted by Gasteiger charge is 2.39. The molecule has 1 heterocycles. The van der Waals surface area contributed by atoms with Crippen molar-refractivity contribution in [1.29, 1.82) is 0 Å². The normalized spacial score (nSPS) is 16.9. The topological polar surface area (TPSA) is 79.5 Å². The van der Waals surface area contributed by atoms with Crippen LogP contribution in [0.5, 0.6) is 0 Å². The number of rotatable bonds is 5. The van der Waals surface area contributed by atoms with E-state index < -0.39 is 5.97 Å². The van der Waals surface area contributed by atoms with Crippen LogP contribution in [0.3, 0.4) is 0 Å². The van der Waals surface area contributed by atoms with Gasteiger partial charge in [-0.05, 0) is 40.3 Å². The standard InChI is InChI=1S/C12H14BrNO4/c13-10-8(2-5-18-10)11(17)14-7-12(3-1-4-12)6-9(15)16/h2,5H,1,3-4,6-7H2,(H,14,17)(H,15,16). The summed E-state index contributed by atoms with van der Waals surface area (Å²) in [6.45, 7) is 0.399. The minimum Gasteiger partial charge on any atom is -0.481 e. The van der Waals surface area contributed by atoms with Crippen molar-refractivity contribution in [2.75, 3.05) is 6.54 Å². The third kappa shape index (κ3) is 2.75. The molecule has 1 fully saturated rings. The summed E-state index contributed by atoms with van der Waals surface area (Å²) in [4.78, 5) is 22.7. The van der Waals surface area contributed by atoms with Gasteiger partial charge >= 0.3 is 5.97 Å². The predicted octanol–water partition coefficient (Wildman–Crippen LogP) is 2.42. The maximum atomic E-state index is 11.9. The number of furan rings is 1. The third-order valence-corrected chi connectivity index (χ3v) is 4.04. The highest BCUT2D eigenvalue weighted by atomic mass is 79.9. The first-order chi connectivity index (χ1) is 8.52. The van der Waals surface area contributed by atoms with Gasteiger partial charge in [-0.1, -0.05) is 6.42 Å². The molecule has 5 nitrogen and oxygen atoms in total. The summed E-state index contributed by atoms with van der Waals surface area (Å²) in [6, 6.07) is 1.57. The lowest BCUT2D eigenvalue weighted by atomic mass is 9.66. The molecule has 0 aliphatic heterocycles. The maximum absolute atomic E-state index is 11.9. The number of halogens is 1. The number of carboxylic acid groups (broad SMARTS) is 1. The van der Waals surface area contributed by atoms with Crippen LogP contribution in [0.4, 0.5) is 0 Å². The van der Waals surface area contributed by atoms with Gasteiger partial charge in [-0.25, -0.2) is 0 Å². The largest absolute Gasteiger partial charge is 0.481 e. The third-order valence-electron chi connectivity index (χ3n) is 3.43. The van der Waals surface area contributed by atoms with Crippen molar-refractivity contribution in [1.82, 2.24) is 5.32 Å². The van der Waals surface area contributed by atoms with Crippen molar-refractivity contribution in [3.05, 3.63) is 22.6 Å². The molecule has 0 atom stereocenters. The van der Waals surface area contributed by atoms with Crippen LogP contribution < -0.4 is 5.32 Å². The Labute approximate surface area is 113 Å². The molecule has 98 valence electrons. The minimum absolute atomic E-state index is 0.111. The predicted molar refractivity (Wildman–Crippen MR) is 67.3 cm³/mol. The lowest BCUT2D eigenvalue weighted by molar-refractivity contribution is -0.141. The average Bonchev–Trinajstić information content (AvgIpc) is 2.67. The summed E-state index contributed by atoms with van der Waals surface area (Å²) in [5.74, 6) is -1.05. The summed E-state index contributed by atoms with van der Waals surface area (Å²) in [5, 5.41) is 11.7. The van der Waals surface area contributed by atoms with E-state index in [0.717, 1.165) is 19.3 Å². The molecule has 1 aliphatic carbocycles. The first-order valence-electron chi connectivity index (χ1n) is 5.75. The first-order valence-corrected chi connectivity index (χ1v) is 6.55. The molecule has 1 aromatic heterocycles. The summed E-state index contributed by atoms with van der Waals surface area (Å²) in [6.07, 6.45) is 4.27. The van der Waals surface area contributed by atoms with E-state index in [0.29, 0.717) is 16.8 Å². The van der Waals surface area contributed by atoms with Crippen LogP contribution in [-0.4, -0.2) is 23.5 Å². The van der Waals surface area contributed by atoms with Crippen LogP contribution in [-0.2, 0) is 4.79 Å². The molecule has 0 unspecified atom stereocenters. The molecule has 0 radical (unpaired) electrons. The molecule has 0 bridgehead atoms. The Morgan fingerprint density at radius 3 is 2.67 bits per heavy atom. The van der Waals surface area contributed by atoms with E-state index in [2.05, 4.69) is 21.2 Å². The fraction of sp³-hybridized carbons (Fsp3) is 0.500. The van der Waals surface area contributed by atoms with Gasteiger partial charge in [0.1, 0.15) is 0 Å². The first kappa shape index (κ1) is 13.1. The Kier molecular flexibility index (Phi) is 3.75. The van der Waals surface area contributed by atoms with E-state index >= 15 is 0 Å². The summed E-state index contributed by atoms with van der Waals surface area (Å²) in [5.41, 5.74) is 0.164. The van der Waals surface area contributed by atoms with Gasteiger partial charge in [0.05, 0.1) is 18.2 Å². The molecule has 0 spiro atoms. The molecule has 0 saturated heterocycles. The van der Waals surface area contributed by atoms with Crippen molar-refractivity contribution < 1.29 is 19.1 Å². The molecule has 1 aliphatic rings. The maximum Gasteiger partial charge on any atom is 0.303 e. The van der Waals surface area contributed by atoms with E-state index in [1.54, 1.807) is 6.07 Å². The van der Waals surface area contributed by atoms with Crippen LogP contribution in [0.25, 0.3) is 0 Å². The molecule has 6 heteroatoms. The Balaban J connectivity index is 1.93. The Hall–Kier alpha value is -1.30. The van der Waals surface area contributed by atoms with Gasteiger partial charge in [-0.2, -0.15) is 0 Å². The van der Waals surface area contributed by atoms with Gasteiger partial charge in [-0.15, -0.1) is 0 Å². The van der Waals surface area contributed by atoms with Crippen LogP contribution >= 0.6 is 15.9 Å². The highest BCUT2D eigenvalue weighted by molar-refractivity contribution is 9.10. The number of hydrogen-bond acceptors (Lipinski definition) is 3. The fourth-order valence-electron chi connectivity index (χ4n) is 2.23. The summed E-state index contributed by atoms with van der Waals surface area (Å²) in [7, 11) is 0. The van der Waals surface area contributed by atoms with E-state index in [1.807, 2.05) is 0 Å². The van der Waals surface area contributed by atoms with Crippen LogP contribution in [0.2, 0.25) is 0 Å². The fourth-order valence-corrected chi connectivity index (χ4v) is 2.65. The van der Waals surface area contributed by atoms with Gasteiger partial charge in [0.2, 0.25) is 0 Å². The zero-order chi connectivity index (χ0) is 13.2. The summed E-state index contributed by atoms with van der Waals surface area (Å²) < 4.78 is 5.37. The van der Waals surface area contributed by atoms with Crippen molar-refractivity contribution in [3.63, 3.8) is 0 Å². The van der Waals surface area contributed by atoms with Crippen molar-refractivity contribution in [3.8, 4) is 0 Å². The number of carbonyl (C=O) groups is 2. The van der Waals surface area contributed by atoms with Gasteiger partial charge < -0.3 is 14.8 Å². The van der Waals surface area contributed by atoms with Crippen LogP contribution in [0, 0.1) is 5.41 Å². The quantitative estimate of drug-likeness (QED) is 0.874. The molecule has 0 aromatic carbocycles. The molecule has 1 amide bonds. The van der Waals surface area contributed by atoms with Gasteiger partial charge in [-0.3, -0.25) is 9.59 Å². The average molecular weight is 316 g/mol. The van der Waals surface area contributed by atoms with E-state index in [4.69, 9.17) is 9.52 Å². The Morgan fingerprint density at radius 1 is 1.50 bits per heavy atom. The monoisotopic (exact) mass is 315 g/mol. The van der Waals surface area contributed by atoms with Crippen LogP contribution in [0.15, 0.2) is 21.4 Å². The van der Waals surface area contributed by atoms with Gasteiger partial charge in [0.15, 0.2) is 4.67 Å². The van der Waals surface area contributed by atoms with E-state index in [-0.39, 0.29) is 17.7 Å². The van der Waals surface area contributed by atoms with Gasteiger partial charge in [0, 0.05) is 6.54 Å². The molecule has 2 N–H and O–H groups in total. The Morgan fingerprint density at radius 2 is 2.22 bits per heavy atom. The Bertz CT molecular complexity index is 464. The number of hydrogen-bond donors (Lipinski definition) is 2. The van der Waals surface area contributed by atoms with Gasteiger partial charge in [0.25, 0.3) is 5.91 Å². The number of nitrogens with one attached hydrogen (secondary N) is 1. The van der Waals surface area contributed by atoms with Crippen molar-refractivity contribution in [2.24, 2.45) is 5.41 Å². The number of amides is 1. The lowest BCUT2D eigenvalue weighted by Crippen LogP contribution is -2.43. The number of aliphatic carboxylic acids is 1. The second-order valence-corrected chi connectivity index (χ2v) is 5.43. The zero-order valence-electron chi connectivity index (χ0n) is 9.74. The number of carbonyl (C=O) groups excluding carboxylic acids is 1. The molecule has 1 saturated carbocycles. The van der Waals surface area contributed by atoms with Crippen molar-refractivity contribution in [2.45, 2.75) is 25.7 Å². The second-order valence-electron chi connectivity index (χ2n) is 4.71. The highest BCUT2D eigenvalue weighted by Crippen LogP contribution is 2.43. The second kappa shape index (κ2) is 5.14. The lowest BCUT2D eigenvalue weighted by Gasteiger charge is -2.40. The molecule has 2 rings (SSSR count). The minimum atomic E-state index is -0.812. The SMILES string of the molecule is O=C(O)CC1(CNC(=O)c2ccoc2Br)CCC1. The van der Waals surface area contributed by atoms with E-state index in [9.17, 15) is 9.59 Å².